The van der Waals surface area contributed by atoms with Crippen LogP contribution in [0, 0.1) is 29.6 Å². The van der Waals surface area contributed by atoms with E-state index in [1.165, 1.54) is 67.7 Å². The maximum Gasteiger partial charge on any atom is 0.248 e. The van der Waals surface area contributed by atoms with E-state index in [1.807, 2.05) is 13.8 Å². The number of aliphatic hydroxyl groups excluding tert-OH is 6. The minimum absolute atomic E-state index is 0.0670. The van der Waals surface area contributed by atoms with Crippen LogP contribution in [0.3, 0.4) is 0 Å². The lowest BCUT2D eigenvalue weighted by atomic mass is 9.54. The fourth-order valence-electron chi connectivity index (χ4n) is 17.4. The number of benzene rings is 5. The first-order valence-electron chi connectivity index (χ1n) is 38.4. The van der Waals surface area contributed by atoms with Gasteiger partial charge < -0.3 is 107 Å². The minimum atomic E-state index is -2.95. The van der Waals surface area contributed by atoms with E-state index in [-0.39, 0.29) is 97.7 Å². The van der Waals surface area contributed by atoms with E-state index in [4.69, 9.17) is 30.5 Å². The number of rotatable bonds is 20. The molecule has 31 nitrogen and oxygen atoms in total. The summed E-state index contributed by atoms with van der Waals surface area (Å²) in [5.74, 6) is -14.5. The van der Waals surface area contributed by atoms with Crippen LogP contribution in [0.4, 0.5) is 0 Å². The third-order valence-corrected chi connectivity index (χ3v) is 23.2. The van der Waals surface area contributed by atoms with Gasteiger partial charge in [0, 0.05) is 23.6 Å². The topological polar surface area (TPSA) is 481 Å². The van der Waals surface area contributed by atoms with Crippen molar-refractivity contribution < 1.29 is 108 Å². The summed E-state index contributed by atoms with van der Waals surface area (Å²) in [5, 5.41) is 129. The Kier molecular flexibility index (Phi) is 24.3. The van der Waals surface area contributed by atoms with Gasteiger partial charge in [-0.3, -0.25) is 48.5 Å². The fraction of sp³-hybridized carbons (Fsp3) is 0.512. The van der Waals surface area contributed by atoms with Crippen molar-refractivity contribution >= 4 is 64.8 Å². The lowest BCUT2D eigenvalue weighted by molar-refractivity contribution is -0.277. The van der Waals surface area contributed by atoms with Crippen molar-refractivity contribution in [3.05, 3.63) is 129 Å². The van der Waals surface area contributed by atoms with Crippen molar-refractivity contribution in [3.8, 4) is 45.6 Å². The molecular formula is C80H96ClN9O22. The van der Waals surface area contributed by atoms with Gasteiger partial charge in [0.05, 0.1) is 24.1 Å². The number of ether oxygens (including phenoxy) is 4. The van der Waals surface area contributed by atoms with Crippen molar-refractivity contribution in [3.63, 3.8) is 0 Å². The summed E-state index contributed by atoms with van der Waals surface area (Å²) < 4.78 is 25.5. The standard InChI is InChI=1S/C80H96ClN9O22/c1-5-6-7-8-9-10-11-12-57(93)84-58(94)33-52-73(101)86-62-43-29-54(71(112-79-70(99)69(98)68(97)56(34-91)111-79)55(30-43)110-53-20-16-40(28-50(53)81)67(96)65(77(105)83-52)89-72(100)51(82-4)21-35(2)3)109-45-17-13-38(14-18-45)66(95)64-78(106)88-63(76(104)85-60-41-23-36-22-37(25-41)26-42(60)24-36)47-31-44(92)32-49-59(47)46-27-39(15-19-48(46)80(49,107)108)61(74(102)90-64)87-75(62)103/h13-20,27-32,35-37,41-42,51-52,56,60-70,79,82,91-92,95-99,107-108H,5-12,21-26,33-34H2,1-4H3,(H,83,105)(H,85,104)(H,86,101)(H,87,103)(H,88,106)(H,89,100)(H,90,102)(H,84,93,94)/t36?,37?,41?,42?,51-,52+,56-,60?,61-,62-,63+,64+,65-,66-,67-,68-,69+,70-,79+/m1/s1. The van der Waals surface area contributed by atoms with Crippen LogP contribution in [0.1, 0.15) is 186 Å². The van der Waals surface area contributed by atoms with Gasteiger partial charge in [-0.15, -0.1) is 0 Å². The van der Waals surface area contributed by atoms with Crippen molar-refractivity contribution in [1.82, 2.24) is 47.9 Å². The molecule has 5 fully saturated rings. The molecule has 11 aliphatic rings. The van der Waals surface area contributed by atoms with Crippen molar-refractivity contribution in [1.29, 1.82) is 0 Å². The van der Waals surface area contributed by atoms with Gasteiger partial charge in [0.15, 0.2) is 11.5 Å². The predicted molar refractivity (Wildman–Crippen MR) is 398 cm³/mol. The molecule has 1 saturated heterocycles. The van der Waals surface area contributed by atoms with Gasteiger partial charge in [-0.1, -0.05) is 101 Å². The van der Waals surface area contributed by atoms with Crippen LogP contribution >= 0.6 is 11.6 Å². The zero-order valence-corrected chi connectivity index (χ0v) is 62.9. The van der Waals surface area contributed by atoms with Crippen LogP contribution in [-0.4, -0.2) is 174 Å². The molecule has 15 bridgehead atoms. The summed E-state index contributed by atoms with van der Waals surface area (Å²) in [5.41, 5.74) is -1.70. The number of amides is 9. The van der Waals surface area contributed by atoms with E-state index in [0.29, 0.717) is 24.7 Å². The number of aromatic hydroxyl groups is 1. The number of unbranched alkanes of at least 4 members (excludes halogenated alkanes) is 6. The van der Waals surface area contributed by atoms with Crippen LogP contribution in [0.25, 0.3) is 11.1 Å². The maximum absolute atomic E-state index is 16.4. The molecule has 32 heteroatoms. The summed E-state index contributed by atoms with van der Waals surface area (Å²) in [6.45, 7) is 4.83. The van der Waals surface area contributed by atoms with Crippen molar-refractivity contribution in [2.24, 2.45) is 29.6 Å². The number of fused-ring (bicyclic) bond motifs is 12. The number of hydrogen-bond acceptors (Lipinski definition) is 23. The zero-order chi connectivity index (χ0) is 79.9. The Hall–Kier alpha value is -9.38. The number of hydrogen-bond donors (Lipinski definition) is 18. The predicted octanol–water partition coefficient (Wildman–Crippen LogP) is 3.46. The van der Waals surface area contributed by atoms with Gasteiger partial charge in [-0.2, -0.15) is 0 Å². The smallest absolute Gasteiger partial charge is 0.248 e. The highest BCUT2D eigenvalue weighted by atomic mass is 35.5. The monoisotopic (exact) mass is 1570 g/mol. The normalized spacial score (nSPS) is 29.1. The van der Waals surface area contributed by atoms with E-state index in [1.54, 1.807) is 0 Å². The number of halogens is 1. The molecule has 9 amide bonds. The van der Waals surface area contributed by atoms with Gasteiger partial charge in [-0.05, 0) is 175 Å². The number of nitrogens with one attached hydrogen (secondary N) is 9. The van der Waals surface area contributed by atoms with Gasteiger partial charge >= 0.3 is 0 Å². The second-order valence-corrected chi connectivity index (χ2v) is 31.7. The van der Waals surface area contributed by atoms with E-state index < -0.39 is 186 Å². The molecule has 4 saturated carbocycles. The highest BCUT2D eigenvalue weighted by Crippen LogP contribution is 2.56. The number of carbonyl (C=O) groups excluding carboxylic acids is 9. The fourth-order valence-corrected chi connectivity index (χ4v) is 17.6. The molecule has 0 aromatic heterocycles. The molecule has 14 atom stereocenters. The molecule has 0 spiro atoms. The summed E-state index contributed by atoms with van der Waals surface area (Å²) in [6.07, 6.45) is -4.41. The first-order chi connectivity index (χ1) is 53.5. The van der Waals surface area contributed by atoms with Crippen molar-refractivity contribution in [2.75, 3.05) is 13.7 Å². The molecule has 5 aromatic rings. The largest absolute Gasteiger partial charge is 0.508 e. The Morgan fingerprint density at radius 2 is 1.28 bits per heavy atom. The zero-order valence-electron chi connectivity index (χ0n) is 62.2. The van der Waals surface area contributed by atoms with E-state index >= 15 is 28.8 Å². The van der Waals surface area contributed by atoms with Crippen LogP contribution in [0.2, 0.25) is 5.02 Å². The molecule has 18 N–H and O–H groups in total. The number of carbonyl (C=O) groups is 9. The van der Waals surface area contributed by atoms with E-state index in [2.05, 4.69) is 54.8 Å². The summed E-state index contributed by atoms with van der Waals surface area (Å²) in [7, 11) is 1.50. The molecule has 112 heavy (non-hydrogen) atoms. The molecule has 5 aromatic carbocycles. The Bertz CT molecular complexity index is 4420. The van der Waals surface area contributed by atoms with Crippen LogP contribution in [0.15, 0.2) is 84.9 Å². The van der Waals surface area contributed by atoms with Crippen LogP contribution < -0.4 is 62.1 Å². The Balaban J connectivity index is 0.980. The third kappa shape index (κ3) is 16.8. The second kappa shape index (κ2) is 33.7. The number of likely N-dealkylation sites (N-methyl/N-ethyl adjacent to an activating group) is 1. The summed E-state index contributed by atoms with van der Waals surface area (Å²) in [6, 6.07) is 3.08. The molecule has 0 unspecified atom stereocenters. The maximum atomic E-state index is 16.4. The quantitative estimate of drug-likeness (QED) is 0.0392. The third-order valence-electron chi connectivity index (χ3n) is 22.9. The number of phenolic OH excluding ortho intramolecular Hbond substituents is 1. The average molecular weight is 1570 g/mol. The molecule has 600 valence electrons. The number of imide groups is 1. The molecule has 6 aliphatic heterocycles. The Labute approximate surface area is 649 Å². The Morgan fingerprint density at radius 1 is 0.634 bits per heavy atom. The van der Waals surface area contributed by atoms with Gasteiger partial charge in [0.1, 0.15) is 90.1 Å². The first kappa shape index (κ1) is 80.7. The average Bonchev–Trinajstić information content (AvgIpc) is 1.60. The molecule has 16 rings (SSSR count). The lowest BCUT2D eigenvalue weighted by Crippen LogP contribution is -2.60. The highest BCUT2D eigenvalue weighted by Gasteiger charge is 2.52. The summed E-state index contributed by atoms with van der Waals surface area (Å²) in [4.78, 5) is 137. The van der Waals surface area contributed by atoms with E-state index in [0.717, 1.165) is 88.5 Å². The molecular weight excluding hydrogens is 1470 g/mol. The highest BCUT2D eigenvalue weighted by molar-refractivity contribution is 6.32. The number of aliphatic hydroxyl groups is 8. The van der Waals surface area contributed by atoms with E-state index in [9.17, 15) is 60.3 Å². The van der Waals surface area contributed by atoms with Gasteiger partial charge in [-0.25, -0.2) is 0 Å². The lowest BCUT2D eigenvalue weighted by Gasteiger charge is -2.54. The van der Waals surface area contributed by atoms with Gasteiger partial charge in [0.25, 0.3) is 0 Å². The van der Waals surface area contributed by atoms with Gasteiger partial charge in [0.2, 0.25) is 71.0 Å². The van der Waals surface area contributed by atoms with Crippen LogP contribution in [-0.2, 0) is 53.7 Å². The molecule has 6 heterocycles. The first-order valence-corrected chi connectivity index (χ1v) is 38.7. The molecule has 0 radical (unpaired) electrons. The SMILES string of the molecule is CCCCCCCCCC(=O)NC(=O)C[C@@H]1NC(=O)[C@H](NC(=O)[C@@H](CC(C)C)NC)[C@H](O)c2ccc(c(Cl)c2)Oc2cc3cc(c2O[C@@H]2O[C@H](CO)[C@@H](O)[C@H](O)[C@H]2O)Oc2ccc(cc2)[C@@H](O)[C@@H]2NC(=O)[C@H](NC(=O)[C@@H]3NC1=O)c1ccc3c(c1)-c1c(cc(O)cc1C3(O)O)[C@@H](C(=O)NC1C3CC4CC(C3)CC1C4)NC2=O. The minimum Gasteiger partial charge on any atom is -0.508 e. The van der Waals surface area contributed by atoms with Crippen LogP contribution in [0.5, 0.6) is 34.5 Å². The second-order valence-electron chi connectivity index (χ2n) is 31.3. The molecule has 5 aliphatic carbocycles. The Morgan fingerprint density at radius 3 is 1.95 bits per heavy atom. The van der Waals surface area contributed by atoms with Crippen molar-refractivity contribution in [2.45, 2.75) is 214 Å². The number of phenols is 1. The summed E-state index contributed by atoms with van der Waals surface area (Å²) >= 11 is 7.09.